The number of amides is 2. The van der Waals surface area contributed by atoms with Gasteiger partial charge in [0.25, 0.3) is 5.91 Å². The molecule has 1 aromatic carbocycles. The van der Waals surface area contributed by atoms with Crippen molar-refractivity contribution in [1.29, 1.82) is 0 Å². The lowest BCUT2D eigenvalue weighted by Crippen LogP contribution is -2.49. The van der Waals surface area contributed by atoms with Crippen LogP contribution in [0.5, 0.6) is 0 Å². The highest BCUT2D eigenvalue weighted by Crippen LogP contribution is 2.35. The zero-order valence-electron chi connectivity index (χ0n) is 16.6. The van der Waals surface area contributed by atoms with Crippen LogP contribution in [0.2, 0.25) is 0 Å². The van der Waals surface area contributed by atoms with Gasteiger partial charge >= 0.3 is 6.09 Å². The number of carbonyl (C=O) groups excluding carboxylic acids is 2. The maximum atomic E-state index is 13.1. The summed E-state index contributed by atoms with van der Waals surface area (Å²) in [5, 5.41) is 0.877. The smallest absolute Gasteiger partial charge is 0.410 e. The molecule has 1 spiro atoms. The van der Waals surface area contributed by atoms with E-state index in [-0.39, 0.29) is 18.0 Å². The molecule has 0 radical (unpaired) electrons. The van der Waals surface area contributed by atoms with Crippen molar-refractivity contribution in [3.8, 4) is 0 Å². The van der Waals surface area contributed by atoms with E-state index in [1.807, 2.05) is 40.1 Å². The molecule has 1 aromatic heterocycles. The number of piperidine rings is 1. The third-order valence-corrected chi connectivity index (χ3v) is 6.07. The normalized spacial score (nSPS) is 19.9. The van der Waals surface area contributed by atoms with Crippen molar-refractivity contribution in [1.82, 2.24) is 14.8 Å². The molecular weight excluding hydrogens is 354 g/mol. The number of hydrogen-bond acceptors (Lipinski definition) is 4. The maximum Gasteiger partial charge on any atom is 0.410 e. The summed E-state index contributed by atoms with van der Waals surface area (Å²) in [6, 6.07) is 9.64. The lowest BCUT2D eigenvalue weighted by molar-refractivity contribution is 0.00312. The topological polar surface area (TPSA) is 62.7 Å². The Hall–Kier alpha value is -2.63. The zero-order chi connectivity index (χ0) is 19.7. The van der Waals surface area contributed by atoms with Crippen LogP contribution in [0.3, 0.4) is 0 Å². The molecule has 0 saturated carbocycles. The molecule has 0 N–H and O–H groups in total. The fraction of sp³-hybridized carbons (Fsp3) is 0.500. The number of nitrogens with zero attached hydrogens (tertiary/aromatic N) is 3. The predicted octanol–water partition coefficient (Wildman–Crippen LogP) is 3.85. The molecule has 6 heteroatoms. The van der Waals surface area contributed by atoms with Gasteiger partial charge in [0.1, 0.15) is 5.60 Å². The molecule has 0 bridgehead atoms. The molecule has 2 aromatic rings. The minimum Gasteiger partial charge on any atom is -0.441 e. The first-order valence-electron chi connectivity index (χ1n) is 10.2. The first kappa shape index (κ1) is 18.7. The molecule has 2 amide bonds. The summed E-state index contributed by atoms with van der Waals surface area (Å²) in [7, 11) is 0. The van der Waals surface area contributed by atoms with E-state index in [1.54, 1.807) is 6.20 Å². The average Bonchev–Trinajstić information content (AvgIpc) is 3.03. The van der Waals surface area contributed by atoms with Gasteiger partial charge in [-0.2, -0.15) is 0 Å². The third kappa shape index (κ3) is 3.32. The summed E-state index contributed by atoms with van der Waals surface area (Å²) in [6.45, 7) is 6.03. The number of pyridine rings is 1. The van der Waals surface area contributed by atoms with Gasteiger partial charge in [-0.05, 0) is 31.5 Å². The second-order valence-electron chi connectivity index (χ2n) is 7.98. The Labute approximate surface area is 165 Å². The molecular formula is C22H27N3O3. The molecule has 4 rings (SSSR count). The summed E-state index contributed by atoms with van der Waals surface area (Å²) in [6.07, 6.45) is 4.92. The summed E-state index contributed by atoms with van der Waals surface area (Å²) < 4.78 is 5.81. The molecule has 6 nitrogen and oxygen atoms in total. The van der Waals surface area contributed by atoms with Crippen LogP contribution in [0.15, 0.2) is 36.5 Å². The quantitative estimate of drug-likeness (QED) is 0.807. The van der Waals surface area contributed by atoms with E-state index in [1.165, 1.54) is 0 Å². The van der Waals surface area contributed by atoms with Crippen LogP contribution in [-0.4, -0.2) is 58.1 Å². The zero-order valence-corrected chi connectivity index (χ0v) is 16.6. The molecule has 2 aliphatic heterocycles. The van der Waals surface area contributed by atoms with E-state index in [9.17, 15) is 9.59 Å². The van der Waals surface area contributed by atoms with Gasteiger partial charge < -0.3 is 14.5 Å². The van der Waals surface area contributed by atoms with Crippen molar-refractivity contribution < 1.29 is 14.3 Å². The first-order valence-corrected chi connectivity index (χ1v) is 10.2. The van der Waals surface area contributed by atoms with E-state index in [0.29, 0.717) is 38.0 Å². The lowest BCUT2D eigenvalue weighted by Gasteiger charge is -2.37. The fourth-order valence-electron chi connectivity index (χ4n) is 4.40. The Morgan fingerprint density at radius 2 is 2.04 bits per heavy atom. The highest BCUT2D eigenvalue weighted by molar-refractivity contribution is 6.06. The van der Waals surface area contributed by atoms with Gasteiger partial charge in [0.15, 0.2) is 0 Å². The maximum absolute atomic E-state index is 13.1. The van der Waals surface area contributed by atoms with Crippen LogP contribution in [0.25, 0.3) is 10.9 Å². The second-order valence-corrected chi connectivity index (χ2v) is 7.98. The van der Waals surface area contributed by atoms with Crippen LogP contribution in [-0.2, 0) is 4.74 Å². The molecule has 0 aliphatic carbocycles. The Morgan fingerprint density at radius 3 is 2.79 bits per heavy atom. The van der Waals surface area contributed by atoms with Gasteiger partial charge in [-0.15, -0.1) is 0 Å². The second kappa shape index (κ2) is 7.41. The van der Waals surface area contributed by atoms with E-state index >= 15 is 0 Å². The van der Waals surface area contributed by atoms with Crippen molar-refractivity contribution in [2.24, 2.45) is 0 Å². The highest BCUT2D eigenvalue weighted by Gasteiger charge is 2.48. The molecule has 1 unspecified atom stereocenters. The number of ether oxygens (including phenoxy) is 1. The van der Waals surface area contributed by atoms with E-state index in [4.69, 9.17) is 4.74 Å². The number of fused-ring (bicyclic) bond motifs is 1. The van der Waals surface area contributed by atoms with Gasteiger partial charge in [-0.3, -0.25) is 9.78 Å². The molecule has 148 valence electrons. The Balaban J connectivity index is 1.46. The molecule has 28 heavy (non-hydrogen) atoms. The van der Waals surface area contributed by atoms with Crippen molar-refractivity contribution in [3.05, 3.63) is 42.1 Å². The lowest BCUT2D eigenvalue weighted by atomic mass is 9.90. The molecule has 2 saturated heterocycles. The third-order valence-electron chi connectivity index (χ3n) is 6.07. The van der Waals surface area contributed by atoms with Crippen molar-refractivity contribution >= 4 is 22.9 Å². The van der Waals surface area contributed by atoms with Crippen LogP contribution in [0, 0.1) is 0 Å². The number of rotatable bonds is 4. The predicted molar refractivity (Wildman–Crippen MR) is 107 cm³/mol. The van der Waals surface area contributed by atoms with Crippen LogP contribution in [0.4, 0.5) is 4.79 Å². The fourth-order valence-corrected chi connectivity index (χ4v) is 4.40. The first-order chi connectivity index (χ1) is 13.5. The van der Waals surface area contributed by atoms with Crippen LogP contribution in [0.1, 0.15) is 49.9 Å². The summed E-state index contributed by atoms with van der Waals surface area (Å²) in [4.78, 5) is 33.6. The van der Waals surface area contributed by atoms with Gasteiger partial charge in [0.05, 0.1) is 12.1 Å². The summed E-state index contributed by atoms with van der Waals surface area (Å²) >= 11 is 0. The number of likely N-dealkylation sites (tertiary alicyclic amines) is 1. The Bertz CT molecular complexity index is 884. The summed E-state index contributed by atoms with van der Waals surface area (Å²) in [5.74, 6) is 0.0222. The monoisotopic (exact) mass is 381 g/mol. The van der Waals surface area contributed by atoms with Gasteiger partial charge in [-0.1, -0.05) is 25.5 Å². The standard InChI is InChI=1S/C22H27N3O3/c1-3-6-16(2)25-15-22(28-21(25)27)10-13-24(14-11-22)20(26)18-7-4-9-19-17(18)8-5-12-23-19/h4-5,7-9,12,16H,3,6,10-11,13-15H2,1-2H3. The number of hydrogen-bond donors (Lipinski definition) is 0. The van der Waals surface area contributed by atoms with Crippen molar-refractivity contribution in [2.45, 2.75) is 51.2 Å². The van der Waals surface area contributed by atoms with E-state index in [2.05, 4.69) is 18.8 Å². The average molecular weight is 381 g/mol. The van der Waals surface area contributed by atoms with Crippen molar-refractivity contribution in [3.63, 3.8) is 0 Å². The molecule has 3 heterocycles. The van der Waals surface area contributed by atoms with Crippen molar-refractivity contribution in [2.75, 3.05) is 19.6 Å². The molecule has 1 atom stereocenters. The van der Waals surface area contributed by atoms with Gasteiger partial charge in [-0.25, -0.2) is 4.79 Å². The number of benzene rings is 1. The number of carbonyl (C=O) groups is 2. The molecule has 2 aliphatic rings. The van der Waals surface area contributed by atoms with Gasteiger partial charge in [0.2, 0.25) is 0 Å². The minimum absolute atomic E-state index is 0.0222. The summed E-state index contributed by atoms with van der Waals surface area (Å²) in [5.41, 5.74) is 1.06. The van der Waals surface area contributed by atoms with E-state index < -0.39 is 5.60 Å². The van der Waals surface area contributed by atoms with Gasteiger partial charge in [0, 0.05) is 49.1 Å². The minimum atomic E-state index is -0.448. The van der Waals surface area contributed by atoms with E-state index in [0.717, 1.165) is 23.7 Å². The Kier molecular flexibility index (Phi) is 4.96. The SMILES string of the molecule is CCCC(C)N1CC2(CCN(C(=O)c3cccc4ncccc34)CC2)OC1=O. The number of aromatic nitrogens is 1. The Morgan fingerprint density at radius 1 is 1.25 bits per heavy atom. The largest absolute Gasteiger partial charge is 0.441 e. The van der Waals surface area contributed by atoms with Crippen LogP contribution >= 0.6 is 0 Å². The van der Waals surface area contributed by atoms with Crippen LogP contribution < -0.4 is 0 Å². The molecule has 2 fully saturated rings. The highest BCUT2D eigenvalue weighted by atomic mass is 16.6.